The number of amides is 2. The summed E-state index contributed by atoms with van der Waals surface area (Å²) in [5.74, 6) is -1.24. The Balaban J connectivity index is 1.56. The van der Waals surface area contributed by atoms with Gasteiger partial charge in [-0.3, -0.25) is 14.4 Å². The number of fused-ring (bicyclic) bond motifs is 1. The van der Waals surface area contributed by atoms with Gasteiger partial charge in [-0.1, -0.05) is 24.3 Å². The maximum Gasteiger partial charge on any atom is 0.308 e. The highest BCUT2D eigenvalue weighted by atomic mass is 32.2. The normalized spacial score (nSPS) is 16.5. The second-order valence-corrected chi connectivity index (χ2v) is 7.98. The predicted octanol–water partition coefficient (Wildman–Crippen LogP) is 3.68. The van der Waals surface area contributed by atoms with Crippen LogP contribution in [0.2, 0.25) is 0 Å². The lowest BCUT2D eigenvalue weighted by atomic mass is 10.1. The molecule has 2 N–H and O–H groups in total. The van der Waals surface area contributed by atoms with Crippen LogP contribution in [0.1, 0.15) is 24.5 Å². The number of hydrogen-bond acceptors (Lipinski definition) is 5. The van der Waals surface area contributed by atoms with Crippen LogP contribution >= 0.6 is 11.8 Å². The summed E-state index contributed by atoms with van der Waals surface area (Å²) >= 11 is 1.32. The maximum absolute atomic E-state index is 12.4. The summed E-state index contributed by atoms with van der Waals surface area (Å²) in [6, 6.07) is 13.1. The van der Waals surface area contributed by atoms with Crippen LogP contribution in [0.5, 0.6) is 0 Å². The fourth-order valence-electron chi connectivity index (χ4n) is 2.78. The second kappa shape index (κ2) is 8.48. The second-order valence-electron chi connectivity index (χ2n) is 6.74. The lowest BCUT2D eigenvalue weighted by molar-refractivity contribution is -0.153. The van der Waals surface area contributed by atoms with Crippen LogP contribution in [0, 0.1) is 13.8 Å². The standard InChI is InChI=1S/C21H22N2O4S/c1-12-8-9-13(2)16(10-12)23-20(25)14(3)27-19(24)11-18-21(26)22-15-6-4-5-7-17(15)28-18/h4-10,14,18H,11H2,1-3H3,(H,22,26)(H,23,25)/t14-,18-/m1/s1. The Hall–Kier alpha value is -2.80. The van der Waals surface area contributed by atoms with Gasteiger partial charge in [0, 0.05) is 10.6 Å². The molecule has 28 heavy (non-hydrogen) atoms. The van der Waals surface area contributed by atoms with E-state index in [0.717, 1.165) is 21.7 Å². The molecule has 2 atom stereocenters. The first-order valence-electron chi connectivity index (χ1n) is 8.97. The van der Waals surface area contributed by atoms with Crippen molar-refractivity contribution in [1.29, 1.82) is 0 Å². The minimum absolute atomic E-state index is 0.105. The molecule has 0 aromatic heterocycles. The van der Waals surface area contributed by atoms with Crippen molar-refractivity contribution in [3.8, 4) is 0 Å². The number of benzene rings is 2. The van der Waals surface area contributed by atoms with Crippen LogP contribution in [0.3, 0.4) is 0 Å². The Morgan fingerprint density at radius 1 is 1.21 bits per heavy atom. The predicted molar refractivity (Wildman–Crippen MR) is 109 cm³/mol. The van der Waals surface area contributed by atoms with E-state index < -0.39 is 23.2 Å². The Morgan fingerprint density at radius 3 is 2.75 bits per heavy atom. The van der Waals surface area contributed by atoms with Crippen LogP contribution in [0.4, 0.5) is 11.4 Å². The molecule has 6 nitrogen and oxygen atoms in total. The van der Waals surface area contributed by atoms with Crippen molar-refractivity contribution in [2.75, 3.05) is 10.6 Å². The van der Waals surface area contributed by atoms with Crippen molar-refractivity contribution in [1.82, 2.24) is 0 Å². The SMILES string of the molecule is Cc1ccc(C)c(NC(=O)[C@@H](C)OC(=O)C[C@H]2Sc3ccccc3NC2=O)c1. The van der Waals surface area contributed by atoms with Crippen molar-refractivity contribution < 1.29 is 19.1 Å². The molecule has 1 aliphatic heterocycles. The molecule has 146 valence electrons. The number of aryl methyl sites for hydroxylation is 2. The van der Waals surface area contributed by atoms with Gasteiger partial charge < -0.3 is 15.4 Å². The molecule has 2 aromatic carbocycles. The highest BCUT2D eigenvalue weighted by Crippen LogP contribution is 2.36. The van der Waals surface area contributed by atoms with Crippen LogP contribution in [-0.2, 0) is 19.1 Å². The van der Waals surface area contributed by atoms with Gasteiger partial charge in [0.15, 0.2) is 6.10 Å². The third kappa shape index (κ3) is 4.72. The van der Waals surface area contributed by atoms with E-state index in [1.165, 1.54) is 18.7 Å². The van der Waals surface area contributed by atoms with Gasteiger partial charge in [-0.15, -0.1) is 11.8 Å². The van der Waals surface area contributed by atoms with E-state index in [2.05, 4.69) is 10.6 Å². The van der Waals surface area contributed by atoms with E-state index in [9.17, 15) is 14.4 Å². The monoisotopic (exact) mass is 398 g/mol. The quantitative estimate of drug-likeness (QED) is 0.751. The zero-order chi connectivity index (χ0) is 20.3. The molecule has 0 spiro atoms. The number of nitrogens with one attached hydrogen (secondary N) is 2. The van der Waals surface area contributed by atoms with Gasteiger partial charge in [0.25, 0.3) is 5.91 Å². The number of para-hydroxylation sites is 1. The van der Waals surface area contributed by atoms with Gasteiger partial charge in [0.1, 0.15) is 0 Å². The van der Waals surface area contributed by atoms with Crippen LogP contribution in [0.15, 0.2) is 47.4 Å². The summed E-state index contributed by atoms with van der Waals surface area (Å²) in [4.78, 5) is 37.7. The Morgan fingerprint density at radius 2 is 1.96 bits per heavy atom. The van der Waals surface area contributed by atoms with Crippen LogP contribution in [-0.4, -0.2) is 29.1 Å². The van der Waals surface area contributed by atoms with E-state index in [-0.39, 0.29) is 12.3 Å². The van der Waals surface area contributed by atoms with Gasteiger partial charge in [0.05, 0.1) is 17.4 Å². The van der Waals surface area contributed by atoms with Crippen molar-refractivity contribution in [2.45, 2.75) is 43.4 Å². The van der Waals surface area contributed by atoms with Gasteiger partial charge in [0.2, 0.25) is 5.91 Å². The molecule has 0 radical (unpaired) electrons. The van der Waals surface area contributed by atoms with E-state index in [0.29, 0.717) is 5.69 Å². The summed E-state index contributed by atoms with van der Waals surface area (Å²) in [6.45, 7) is 5.34. The Labute approximate surface area is 168 Å². The van der Waals surface area contributed by atoms with Crippen LogP contribution in [0.25, 0.3) is 0 Å². The Kier molecular flexibility index (Phi) is 6.04. The average molecular weight is 398 g/mol. The molecule has 0 aliphatic carbocycles. The summed E-state index contributed by atoms with van der Waals surface area (Å²) in [6.07, 6.45) is -1.07. The van der Waals surface area contributed by atoms with Crippen molar-refractivity contribution in [2.24, 2.45) is 0 Å². The number of carbonyl (C=O) groups excluding carboxylic acids is 3. The van der Waals surface area contributed by atoms with Gasteiger partial charge >= 0.3 is 5.97 Å². The molecular formula is C21H22N2O4S. The first-order valence-corrected chi connectivity index (χ1v) is 9.85. The molecule has 0 saturated heterocycles. The summed E-state index contributed by atoms with van der Waals surface area (Å²) < 4.78 is 5.25. The van der Waals surface area contributed by atoms with E-state index in [1.54, 1.807) is 0 Å². The number of esters is 1. The maximum atomic E-state index is 12.4. The van der Waals surface area contributed by atoms with Crippen LogP contribution < -0.4 is 10.6 Å². The third-order valence-corrected chi connectivity index (χ3v) is 5.66. The van der Waals surface area contributed by atoms with E-state index in [4.69, 9.17) is 4.74 Å². The van der Waals surface area contributed by atoms with Crippen molar-refractivity contribution >= 4 is 40.9 Å². The van der Waals surface area contributed by atoms with E-state index >= 15 is 0 Å². The molecular weight excluding hydrogens is 376 g/mol. The molecule has 0 unspecified atom stereocenters. The minimum atomic E-state index is -0.962. The highest BCUT2D eigenvalue weighted by Gasteiger charge is 2.30. The summed E-state index contributed by atoms with van der Waals surface area (Å²) in [5.41, 5.74) is 3.37. The molecule has 1 aliphatic rings. The van der Waals surface area contributed by atoms with E-state index in [1.807, 2.05) is 56.3 Å². The van der Waals surface area contributed by atoms with Gasteiger partial charge in [-0.25, -0.2) is 0 Å². The van der Waals surface area contributed by atoms with Gasteiger partial charge in [-0.05, 0) is 50.1 Å². The number of rotatable bonds is 5. The molecule has 0 saturated carbocycles. The lowest BCUT2D eigenvalue weighted by Gasteiger charge is -2.23. The number of hydrogen-bond donors (Lipinski definition) is 2. The molecule has 2 aromatic rings. The number of carbonyl (C=O) groups is 3. The zero-order valence-corrected chi connectivity index (χ0v) is 16.8. The first kappa shape index (κ1) is 19.9. The molecule has 0 fully saturated rings. The molecule has 3 rings (SSSR count). The summed E-state index contributed by atoms with van der Waals surface area (Å²) in [5, 5.41) is 4.98. The minimum Gasteiger partial charge on any atom is -0.452 e. The number of anilines is 2. The summed E-state index contributed by atoms with van der Waals surface area (Å²) in [7, 11) is 0. The topological polar surface area (TPSA) is 84.5 Å². The fourth-order valence-corrected chi connectivity index (χ4v) is 3.88. The number of thioether (sulfide) groups is 1. The fraction of sp³-hybridized carbons (Fsp3) is 0.286. The third-order valence-electron chi connectivity index (χ3n) is 4.39. The van der Waals surface area contributed by atoms with Gasteiger partial charge in [-0.2, -0.15) is 0 Å². The van der Waals surface area contributed by atoms with Crippen molar-refractivity contribution in [3.05, 3.63) is 53.6 Å². The molecule has 1 heterocycles. The zero-order valence-electron chi connectivity index (χ0n) is 15.9. The molecule has 2 amide bonds. The number of ether oxygens (including phenoxy) is 1. The smallest absolute Gasteiger partial charge is 0.308 e. The molecule has 0 bridgehead atoms. The lowest BCUT2D eigenvalue weighted by Crippen LogP contribution is -2.34. The first-order chi connectivity index (χ1) is 13.3. The van der Waals surface area contributed by atoms with Crippen molar-refractivity contribution in [3.63, 3.8) is 0 Å². The molecule has 7 heteroatoms. The Bertz CT molecular complexity index is 928. The largest absolute Gasteiger partial charge is 0.452 e. The highest BCUT2D eigenvalue weighted by molar-refractivity contribution is 8.01. The average Bonchev–Trinajstić information content (AvgIpc) is 2.65.